The Bertz CT molecular complexity index is 952. The van der Waals surface area contributed by atoms with Crippen molar-refractivity contribution in [2.75, 3.05) is 25.1 Å². The minimum Gasteiger partial charge on any atom is -0.490 e. The first-order valence-electron chi connectivity index (χ1n) is 10.7. The maximum atomic E-state index is 13.1. The summed E-state index contributed by atoms with van der Waals surface area (Å²) in [6.45, 7) is 6.21. The molecule has 30 heavy (non-hydrogen) atoms. The topological polar surface area (TPSA) is 67.9 Å². The average molecular weight is 408 g/mol. The Balaban J connectivity index is 1.50. The molecule has 2 aromatic carbocycles. The summed E-state index contributed by atoms with van der Waals surface area (Å²) in [7, 11) is 0. The third kappa shape index (κ3) is 4.42. The van der Waals surface area contributed by atoms with Gasteiger partial charge < -0.3 is 19.7 Å². The summed E-state index contributed by atoms with van der Waals surface area (Å²) < 4.78 is 11.5. The molecule has 0 atom stereocenters. The average Bonchev–Trinajstić information content (AvgIpc) is 3.59. The lowest BCUT2D eigenvalue weighted by Gasteiger charge is -2.30. The highest BCUT2D eigenvalue weighted by molar-refractivity contribution is 5.98. The van der Waals surface area contributed by atoms with Crippen molar-refractivity contribution in [3.05, 3.63) is 53.1 Å². The predicted octanol–water partition coefficient (Wildman–Crippen LogP) is 4.03. The number of carbonyl (C=O) groups excluding carboxylic acids is 2. The van der Waals surface area contributed by atoms with Gasteiger partial charge in [-0.05, 0) is 74.6 Å². The lowest BCUT2D eigenvalue weighted by atomic mass is 9.98. The van der Waals surface area contributed by atoms with E-state index >= 15 is 0 Å². The fourth-order valence-electron chi connectivity index (χ4n) is 3.78. The largest absolute Gasteiger partial charge is 0.490 e. The smallest absolute Gasteiger partial charge is 0.254 e. The number of nitrogens with one attached hydrogen (secondary N) is 1. The Morgan fingerprint density at radius 2 is 1.73 bits per heavy atom. The highest BCUT2D eigenvalue weighted by Crippen LogP contribution is 2.34. The number of amides is 2. The van der Waals surface area contributed by atoms with Crippen LogP contribution in [0, 0.1) is 5.92 Å². The quantitative estimate of drug-likeness (QED) is 0.751. The van der Waals surface area contributed by atoms with Crippen molar-refractivity contribution >= 4 is 17.5 Å². The minimum atomic E-state index is -0.0324. The van der Waals surface area contributed by atoms with E-state index in [-0.39, 0.29) is 17.7 Å². The number of hydrogen-bond acceptors (Lipinski definition) is 4. The van der Waals surface area contributed by atoms with Crippen LogP contribution in [0.15, 0.2) is 36.4 Å². The number of fused-ring (bicyclic) bond motifs is 1. The van der Waals surface area contributed by atoms with Gasteiger partial charge in [0.2, 0.25) is 5.91 Å². The van der Waals surface area contributed by atoms with Crippen LogP contribution in [0.25, 0.3) is 0 Å². The Morgan fingerprint density at radius 1 is 1.03 bits per heavy atom. The van der Waals surface area contributed by atoms with Crippen molar-refractivity contribution in [2.45, 2.75) is 39.7 Å². The molecule has 0 unspecified atom stereocenters. The Hall–Kier alpha value is -3.02. The van der Waals surface area contributed by atoms with Crippen molar-refractivity contribution in [1.82, 2.24) is 4.90 Å². The molecule has 0 aromatic heterocycles. The van der Waals surface area contributed by atoms with Crippen LogP contribution in [0.3, 0.4) is 0 Å². The van der Waals surface area contributed by atoms with Gasteiger partial charge in [0.1, 0.15) is 0 Å². The zero-order valence-corrected chi connectivity index (χ0v) is 17.6. The van der Waals surface area contributed by atoms with Gasteiger partial charge in [-0.2, -0.15) is 0 Å². The first-order valence-corrected chi connectivity index (χ1v) is 10.7. The molecule has 1 heterocycles. The third-order valence-corrected chi connectivity index (χ3v) is 5.49. The van der Waals surface area contributed by atoms with Gasteiger partial charge >= 0.3 is 0 Å². The number of benzene rings is 2. The van der Waals surface area contributed by atoms with E-state index in [1.165, 1.54) is 5.56 Å². The van der Waals surface area contributed by atoms with Gasteiger partial charge in [-0.25, -0.2) is 0 Å². The zero-order valence-electron chi connectivity index (χ0n) is 17.6. The van der Waals surface area contributed by atoms with Crippen molar-refractivity contribution in [2.24, 2.45) is 5.92 Å². The number of anilines is 1. The highest BCUT2D eigenvalue weighted by Gasteiger charge is 2.30. The second kappa shape index (κ2) is 8.78. The number of rotatable bonds is 7. The van der Waals surface area contributed by atoms with Crippen LogP contribution in [-0.2, 0) is 17.8 Å². The molecule has 6 nitrogen and oxygen atoms in total. The number of hydrogen-bond donors (Lipinski definition) is 1. The number of carbonyl (C=O) groups is 2. The molecule has 2 amide bonds. The Kier molecular flexibility index (Phi) is 5.93. The summed E-state index contributed by atoms with van der Waals surface area (Å²) >= 11 is 0. The highest BCUT2D eigenvalue weighted by atomic mass is 16.5. The third-order valence-electron chi connectivity index (χ3n) is 5.49. The monoisotopic (exact) mass is 408 g/mol. The number of nitrogens with zero attached hydrogens (tertiary/aromatic N) is 1. The second-order valence-electron chi connectivity index (χ2n) is 7.75. The first kappa shape index (κ1) is 20.3. The van der Waals surface area contributed by atoms with Gasteiger partial charge in [0, 0.05) is 30.3 Å². The molecule has 0 radical (unpaired) electrons. The standard InChI is InChI=1S/C24H28N2O4/c1-3-29-21-13-17-10-11-26(15-19(17)14-22(21)30-4-2)24(28)18-6-5-7-20(12-18)25-23(27)16-8-9-16/h5-7,12-14,16H,3-4,8-11,15H2,1-2H3,(H,25,27). The lowest BCUT2D eigenvalue weighted by Crippen LogP contribution is -2.36. The van der Waals surface area contributed by atoms with E-state index in [2.05, 4.69) is 5.32 Å². The number of ether oxygens (including phenoxy) is 2. The molecular formula is C24H28N2O4. The molecule has 6 heteroatoms. The SMILES string of the molecule is CCOc1cc2c(cc1OCC)CN(C(=O)c1cccc(NC(=O)C3CC3)c1)CC2. The molecule has 1 N–H and O–H groups in total. The van der Waals surface area contributed by atoms with Gasteiger partial charge in [0.25, 0.3) is 5.91 Å². The fourth-order valence-corrected chi connectivity index (χ4v) is 3.78. The first-order chi connectivity index (χ1) is 14.6. The van der Waals surface area contributed by atoms with Gasteiger partial charge in [-0.3, -0.25) is 9.59 Å². The minimum absolute atomic E-state index is 0.0324. The van der Waals surface area contributed by atoms with Crippen LogP contribution in [-0.4, -0.2) is 36.5 Å². The zero-order chi connectivity index (χ0) is 21.1. The molecule has 1 saturated carbocycles. The maximum Gasteiger partial charge on any atom is 0.254 e. The summed E-state index contributed by atoms with van der Waals surface area (Å²) in [4.78, 5) is 27.0. The molecule has 0 bridgehead atoms. The van der Waals surface area contributed by atoms with E-state index in [0.29, 0.717) is 37.6 Å². The van der Waals surface area contributed by atoms with Crippen LogP contribution in [0.5, 0.6) is 11.5 Å². The molecule has 1 fully saturated rings. The van der Waals surface area contributed by atoms with Gasteiger partial charge in [0.05, 0.1) is 13.2 Å². The van der Waals surface area contributed by atoms with Gasteiger partial charge in [0.15, 0.2) is 11.5 Å². The molecule has 158 valence electrons. The van der Waals surface area contributed by atoms with Crippen LogP contribution < -0.4 is 14.8 Å². The van der Waals surface area contributed by atoms with E-state index < -0.39 is 0 Å². The van der Waals surface area contributed by atoms with E-state index in [4.69, 9.17) is 9.47 Å². The molecule has 4 rings (SSSR count). The summed E-state index contributed by atoms with van der Waals surface area (Å²) in [6, 6.07) is 11.2. The van der Waals surface area contributed by atoms with E-state index in [9.17, 15) is 9.59 Å². The van der Waals surface area contributed by atoms with Crippen molar-refractivity contribution in [3.63, 3.8) is 0 Å². The van der Waals surface area contributed by atoms with Crippen molar-refractivity contribution in [3.8, 4) is 11.5 Å². The second-order valence-corrected chi connectivity index (χ2v) is 7.75. The van der Waals surface area contributed by atoms with Crippen molar-refractivity contribution < 1.29 is 19.1 Å². The summed E-state index contributed by atoms with van der Waals surface area (Å²) in [5.74, 6) is 1.62. The Morgan fingerprint density at radius 3 is 2.40 bits per heavy atom. The van der Waals surface area contributed by atoms with Gasteiger partial charge in [-0.1, -0.05) is 6.07 Å². The van der Waals surface area contributed by atoms with E-state index in [1.807, 2.05) is 43.0 Å². The van der Waals surface area contributed by atoms with Crippen LogP contribution in [0.2, 0.25) is 0 Å². The fraction of sp³-hybridized carbons (Fsp3) is 0.417. The van der Waals surface area contributed by atoms with Crippen LogP contribution in [0.1, 0.15) is 48.2 Å². The van der Waals surface area contributed by atoms with E-state index in [1.54, 1.807) is 12.1 Å². The molecule has 1 aliphatic heterocycles. The molecule has 1 aliphatic carbocycles. The van der Waals surface area contributed by atoms with Crippen molar-refractivity contribution in [1.29, 1.82) is 0 Å². The van der Waals surface area contributed by atoms with E-state index in [0.717, 1.165) is 36.3 Å². The molecular weight excluding hydrogens is 380 g/mol. The molecule has 2 aromatic rings. The summed E-state index contributed by atoms with van der Waals surface area (Å²) in [5.41, 5.74) is 3.54. The molecule has 0 saturated heterocycles. The van der Waals surface area contributed by atoms with Crippen LogP contribution in [0.4, 0.5) is 5.69 Å². The maximum absolute atomic E-state index is 13.1. The van der Waals surface area contributed by atoms with Crippen LogP contribution >= 0.6 is 0 Å². The predicted molar refractivity (Wildman–Crippen MR) is 115 cm³/mol. The normalized spacial score (nSPS) is 15.3. The molecule has 0 spiro atoms. The lowest BCUT2D eigenvalue weighted by molar-refractivity contribution is -0.117. The Labute approximate surface area is 177 Å². The summed E-state index contributed by atoms with van der Waals surface area (Å²) in [5, 5.41) is 2.92. The van der Waals surface area contributed by atoms with Gasteiger partial charge in [-0.15, -0.1) is 0 Å². The summed E-state index contributed by atoms with van der Waals surface area (Å²) in [6.07, 6.45) is 2.67. The molecule has 2 aliphatic rings.